The number of pyridine rings is 3. The number of carbonyl (C=O) groups excluding carboxylic acids is 1. The summed E-state index contributed by atoms with van der Waals surface area (Å²) in [4.78, 5) is 40.0. The maximum Gasteiger partial charge on any atom is 0.276 e. The fourth-order valence-corrected chi connectivity index (χ4v) is 7.07. The summed E-state index contributed by atoms with van der Waals surface area (Å²) < 4.78 is 31.3. The van der Waals surface area contributed by atoms with Crippen molar-refractivity contribution in [3.8, 4) is 23.0 Å². The third-order valence-electron chi connectivity index (χ3n) is 8.32. The molecule has 0 bridgehead atoms. The van der Waals surface area contributed by atoms with E-state index in [4.69, 9.17) is 45.5 Å². The molecule has 0 saturated carbocycles. The maximum absolute atomic E-state index is 15.0. The van der Waals surface area contributed by atoms with Crippen LogP contribution in [0.3, 0.4) is 0 Å². The molecule has 1 aliphatic rings. The third-order valence-corrected chi connectivity index (χ3v) is 9.29. The van der Waals surface area contributed by atoms with E-state index in [2.05, 4.69) is 17.6 Å². The summed E-state index contributed by atoms with van der Waals surface area (Å²) in [6.45, 7) is 13.4. The summed E-state index contributed by atoms with van der Waals surface area (Å²) in [5.41, 5.74) is 5.85. The van der Waals surface area contributed by atoms with Crippen LogP contribution in [0.25, 0.3) is 28.0 Å². The minimum Gasteiger partial charge on any atom is -0.396 e. The fourth-order valence-electron chi connectivity index (χ4n) is 6.29. The predicted molar refractivity (Wildman–Crippen MR) is 182 cm³/mol. The van der Waals surface area contributed by atoms with Gasteiger partial charge in [0.1, 0.15) is 22.3 Å². The number of nitrogens with two attached hydrogens (primary N) is 1. The first-order valence-corrected chi connectivity index (χ1v) is 15.8. The first kappa shape index (κ1) is 34.1. The van der Waals surface area contributed by atoms with E-state index < -0.39 is 32.9 Å². The smallest absolute Gasteiger partial charge is 0.276 e. The summed E-state index contributed by atoms with van der Waals surface area (Å²) >= 11 is 18.9. The number of hydrogen-bond donors (Lipinski definition) is 1. The Kier molecular flexibility index (Phi) is 9.25. The summed E-state index contributed by atoms with van der Waals surface area (Å²) in [5, 5.41) is 9.18. The molecule has 0 aliphatic carbocycles. The van der Waals surface area contributed by atoms with E-state index in [0.717, 1.165) is 0 Å². The highest BCUT2D eigenvalue weighted by Crippen LogP contribution is 2.45. The average molecular weight is 701 g/mol. The van der Waals surface area contributed by atoms with Crippen molar-refractivity contribution in [2.24, 2.45) is 0 Å². The summed E-state index contributed by atoms with van der Waals surface area (Å²) in [5.74, 6) is -2.92. The third kappa shape index (κ3) is 5.48. The molecular formula is C33H30Cl3F2N7O2. The molecule has 1 aliphatic heterocycles. The van der Waals surface area contributed by atoms with Gasteiger partial charge in [-0.15, -0.1) is 0 Å². The van der Waals surface area contributed by atoms with E-state index in [1.807, 2.05) is 32.6 Å². The lowest BCUT2D eigenvalue weighted by Crippen LogP contribution is -2.58. The molecule has 2 atom stereocenters. The van der Waals surface area contributed by atoms with Gasteiger partial charge >= 0.3 is 0 Å². The van der Waals surface area contributed by atoms with Crippen molar-refractivity contribution in [3.63, 3.8) is 0 Å². The molecule has 0 spiro atoms. The van der Waals surface area contributed by atoms with Gasteiger partial charge in [0.05, 0.1) is 38.5 Å². The Morgan fingerprint density at radius 1 is 1.15 bits per heavy atom. The largest absolute Gasteiger partial charge is 0.396 e. The molecule has 5 rings (SSSR count). The highest BCUT2D eigenvalue weighted by atomic mass is 35.5. The fraction of sp³-hybridized carbons (Fsp3) is 0.303. The van der Waals surface area contributed by atoms with Crippen molar-refractivity contribution in [1.29, 1.82) is 5.26 Å². The SMILES string of the molecule is C=CC(=O)N1[C@H](C)CN(c2c(C#N)c(=O)n(-c3c(C)ccnc3C(C)C)c3nc(-c4c(N)c(F)c(Cl)c(F)c4Cl)c(Cl)cc23)C[C@@H]1C. The Labute approximate surface area is 284 Å². The molecule has 1 saturated heterocycles. The average Bonchev–Trinajstić information content (AvgIpc) is 3.02. The van der Waals surface area contributed by atoms with Crippen LogP contribution in [0.4, 0.5) is 20.2 Å². The van der Waals surface area contributed by atoms with E-state index in [1.165, 1.54) is 16.7 Å². The highest BCUT2D eigenvalue weighted by Gasteiger charge is 2.36. The van der Waals surface area contributed by atoms with Crippen LogP contribution in [0.1, 0.15) is 50.4 Å². The van der Waals surface area contributed by atoms with Crippen LogP contribution in [-0.4, -0.2) is 50.5 Å². The number of nitrogens with zero attached hydrogens (tertiary/aromatic N) is 6. The Bertz CT molecular complexity index is 2050. The molecule has 1 aromatic carbocycles. The second kappa shape index (κ2) is 12.8. The van der Waals surface area contributed by atoms with Crippen LogP contribution in [0.2, 0.25) is 15.1 Å². The molecule has 14 heteroatoms. The zero-order valence-electron chi connectivity index (χ0n) is 26.1. The number of hydrogen-bond acceptors (Lipinski definition) is 7. The van der Waals surface area contributed by atoms with Gasteiger partial charge in [0.2, 0.25) is 5.91 Å². The normalized spacial score (nSPS) is 16.6. The minimum absolute atomic E-state index is 0.0116. The number of halogens is 5. The van der Waals surface area contributed by atoms with Crippen molar-refractivity contribution in [3.05, 3.63) is 84.9 Å². The predicted octanol–water partition coefficient (Wildman–Crippen LogP) is 7.18. The number of aryl methyl sites for hydroxylation is 1. The lowest BCUT2D eigenvalue weighted by molar-refractivity contribution is -0.130. The van der Waals surface area contributed by atoms with Crippen LogP contribution < -0.4 is 16.2 Å². The number of anilines is 2. The van der Waals surface area contributed by atoms with Gasteiger partial charge in [-0.3, -0.25) is 19.1 Å². The van der Waals surface area contributed by atoms with E-state index >= 15 is 0 Å². The highest BCUT2D eigenvalue weighted by molar-refractivity contribution is 6.39. The van der Waals surface area contributed by atoms with Gasteiger partial charge in [0, 0.05) is 42.3 Å². The van der Waals surface area contributed by atoms with Gasteiger partial charge in [0.25, 0.3) is 5.56 Å². The van der Waals surface area contributed by atoms with Gasteiger partial charge in [-0.1, -0.05) is 55.2 Å². The molecule has 3 aromatic heterocycles. The van der Waals surface area contributed by atoms with E-state index in [9.17, 15) is 23.6 Å². The van der Waals surface area contributed by atoms with Crippen LogP contribution >= 0.6 is 34.8 Å². The molecule has 1 fully saturated rings. The number of carbonyl (C=O) groups is 1. The van der Waals surface area contributed by atoms with Crippen LogP contribution in [-0.2, 0) is 4.79 Å². The molecule has 1 amide bonds. The number of aromatic nitrogens is 3. The quantitative estimate of drug-likeness (QED) is 0.101. The van der Waals surface area contributed by atoms with E-state index in [0.29, 0.717) is 22.3 Å². The summed E-state index contributed by atoms with van der Waals surface area (Å²) in [7, 11) is 0. The van der Waals surface area contributed by atoms with Crippen LogP contribution in [0, 0.1) is 29.9 Å². The number of benzene rings is 1. The lowest BCUT2D eigenvalue weighted by Gasteiger charge is -2.45. The second-order valence-electron chi connectivity index (χ2n) is 11.8. The standard InChI is InChI=1S/C33H30Cl3F2N7O2/c1-7-21(46)44-16(5)12-43(13-17(44)6)31-18-10-20(34)29(22-23(35)25(37)24(36)26(38)27(22)40)42-32(18)45(33(47)19(31)11-39)30-15(4)8-9-41-28(30)14(2)3/h7-10,14,16-17H,1,12-13,40H2,2-6H3/t16-,17+. The van der Waals surface area contributed by atoms with Crippen LogP contribution in [0.15, 0.2) is 35.8 Å². The van der Waals surface area contributed by atoms with E-state index in [1.54, 1.807) is 24.1 Å². The van der Waals surface area contributed by atoms with Crippen molar-refractivity contribution < 1.29 is 13.6 Å². The van der Waals surface area contributed by atoms with Crippen molar-refractivity contribution in [2.75, 3.05) is 23.7 Å². The van der Waals surface area contributed by atoms with Gasteiger partial charge in [-0.05, 0) is 50.5 Å². The molecule has 2 N–H and O–H groups in total. The Balaban J connectivity index is 1.95. The monoisotopic (exact) mass is 699 g/mol. The number of amides is 1. The zero-order valence-corrected chi connectivity index (χ0v) is 28.4. The van der Waals surface area contributed by atoms with Crippen LogP contribution in [0.5, 0.6) is 0 Å². The Morgan fingerprint density at radius 3 is 2.36 bits per heavy atom. The van der Waals surface area contributed by atoms with Gasteiger partial charge in [-0.2, -0.15) is 5.26 Å². The van der Waals surface area contributed by atoms with Gasteiger partial charge in [-0.25, -0.2) is 13.8 Å². The first-order valence-electron chi connectivity index (χ1n) is 14.6. The Morgan fingerprint density at radius 2 is 1.79 bits per heavy atom. The van der Waals surface area contributed by atoms with Gasteiger partial charge in [0.15, 0.2) is 11.6 Å². The number of rotatable bonds is 5. The molecule has 4 heterocycles. The summed E-state index contributed by atoms with van der Waals surface area (Å²) in [6.07, 6.45) is 2.86. The lowest BCUT2D eigenvalue weighted by atomic mass is 10.0. The van der Waals surface area contributed by atoms with E-state index in [-0.39, 0.29) is 70.2 Å². The summed E-state index contributed by atoms with van der Waals surface area (Å²) in [6, 6.07) is 4.61. The van der Waals surface area contributed by atoms with Gasteiger partial charge < -0.3 is 15.5 Å². The molecule has 244 valence electrons. The molecule has 0 radical (unpaired) electrons. The topological polar surface area (TPSA) is 121 Å². The Hall–Kier alpha value is -4.24. The number of nitrogen functional groups attached to an aromatic ring is 1. The van der Waals surface area contributed by atoms with Crippen molar-refractivity contribution in [2.45, 2.75) is 52.6 Å². The molecule has 4 aromatic rings. The zero-order chi connectivity index (χ0) is 34.6. The second-order valence-corrected chi connectivity index (χ2v) is 12.9. The number of nitriles is 1. The minimum atomic E-state index is -1.26. The molecule has 47 heavy (non-hydrogen) atoms. The van der Waals surface area contributed by atoms with Crippen molar-refractivity contribution >= 4 is 63.1 Å². The number of fused-ring (bicyclic) bond motifs is 1. The molecule has 9 nitrogen and oxygen atoms in total. The first-order chi connectivity index (χ1) is 22.2. The molecule has 0 unspecified atom stereocenters. The number of piperazine rings is 1. The molecular weight excluding hydrogens is 671 g/mol. The van der Waals surface area contributed by atoms with Crippen molar-refractivity contribution in [1.82, 2.24) is 19.4 Å². The maximum atomic E-state index is 15.0.